The molecule has 0 spiro atoms. The SMILES string of the molecule is C=S1(=O)CCN(Cc2cccc(-c3csc4c(=O)[nH]c(-c5ccccn5)nc34)c2)CC1. The predicted molar refractivity (Wildman–Crippen MR) is 129 cm³/mol. The van der Waals surface area contributed by atoms with E-state index in [-0.39, 0.29) is 5.56 Å². The average Bonchev–Trinajstić information content (AvgIpc) is 3.21. The van der Waals surface area contributed by atoms with E-state index >= 15 is 0 Å². The number of benzene rings is 1. The van der Waals surface area contributed by atoms with E-state index in [1.807, 2.05) is 35.7 Å². The van der Waals surface area contributed by atoms with E-state index in [1.165, 1.54) is 16.9 Å². The summed E-state index contributed by atoms with van der Waals surface area (Å²) in [5, 5.41) is 1.99. The van der Waals surface area contributed by atoms with Crippen molar-refractivity contribution in [3.05, 3.63) is 70.0 Å². The largest absolute Gasteiger partial charge is 0.304 e. The zero-order valence-corrected chi connectivity index (χ0v) is 18.5. The molecule has 0 unspecified atom stereocenters. The summed E-state index contributed by atoms with van der Waals surface area (Å²) >= 11 is 1.40. The summed E-state index contributed by atoms with van der Waals surface area (Å²) in [5.74, 6) is 5.63. The lowest BCUT2D eigenvalue weighted by molar-refractivity contribution is 0.291. The number of aromatic nitrogens is 3. The Morgan fingerprint density at radius 1 is 1.16 bits per heavy atom. The Labute approximate surface area is 184 Å². The van der Waals surface area contributed by atoms with Gasteiger partial charge in [0.25, 0.3) is 5.56 Å². The molecular weight excluding hydrogens is 428 g/mol. The third-order valence-electron chi connectivity index (χ3n) is 5.54. The topological polar surface area (TPSA) is 79.0 Å². The Morgan fingerprint density at radius 2 is 2.00 bits per heavy atom. The Morgan fingerprint density at radius 3 is 2.77 bits per heavy atom. The first kappa shape index (κ1) is 20.1. The monoisotopic (exact) mass is 450 g/mol. The molecule has 0 atom stereocenters. The predicted octanol–water partition coefficient (Wildman–Crippen LogP) is 3.25. The molecule has 1 fully saturated rings. The minimum atomic E-state index is -1.89. The first-order chi connectivity index (χ1) is 15.0. The van der Waals surface area contributed by atoms with E-state index in [2.05, 4.69) is 32.9 Å². The molecule has 5 rings (SSSR count). The number of aromatic amines is 1. The number of rotatable bonds is 4. The normalized spacial score (nSPS) is 16.5. The van der Waals surface area contributed by atoms with Crippen LogP contribution in [0.15, 0.2) is 58.8 Å². The maximum absolute atomic E-state index is 12.7. The van der Waals surface area contributed by atoms with Crippen LogP contribution in [-0.4, -0.2) is 54.5 Å². The van der Waals surface area contributed by atoms with Crippen molar-refractivity contribution < 1.29 is 4.21 Å². The van der Waals surface area contributed by atoms with Crippen molar-refractivity contribution in [3.63, 3.8) is 0 Å². The molecule has 158 valence electrons. The van der Waals surface area contributed by atoms with Gasteiger partial charge < -0.3 is 4.98 Å². The van der Waals surface area contributed by atoms with Crippen molar-refractivity contribution in [2.24, 2.45) is 0 Å². The molecule has 0 saturated carbocycles. The van der Waals surface area contributed by atoms with E-state index < -0.39 is 9.52 Å². The van der Waals surface area contributed by atoms with Crippen molar-refractivity contribution in [3.8, 4) is 22.6 Å². The van der Waals surface area contributed by atoms with Gasteiger partial charge in [0.1, 0.15) is 10.4 Å². The van der Waals surface area contributed by atoms with Gasteiger partial charge in [-0.15, -0.1) is 11.3 Å². The van der Waals surface area contributed by atoms with Crippen LogP contribution in [0.1, 0.15) is 5.56 Å². The summed E-state index contributed by atoms with van der Waals surface area (Å²) in [5.41, 5.74) is 4.35. The molecule has 8 heteroatoms. The van der Waals surface area contributed by atoms with Crippen LogP contribution in [0, 0.1) is 0 Å². The fourth-order valence-corrected chi connectivity index (χ4v) is 6.11. The number of fused-ring (bicyclic) bond motifs is 1. The lowest BCUT2D eigenvalue weighted by atomic mass is 10.0. The van der Waals surface area contributed by atoms with Gasteiger partial charge in [-0.25, -0.2) is 4.98 Å². The minimum absolute atomic E-state index is 0.150. The molecule has 1 aliphatic rings. The Balaban J connectivity index is 1.49. The van der Waals surface area contributed by atoms with Gasteiger partial charge in [-0.3, -0.25) is 18.9 Å². The van der Waals surface area contributed by atoms with Crippen molar-refractivity contribution >= 4 is 36.9 Å². The second-order valence-corrected chi connectivity index (χ2v) is 11.4. The number of nitrogens with zero attached hydrogens (tertiary/aromatic N) is 3. The highest BCUT2D eigenvalue weighted by atomic mass is 32.2. The highest BCUT2D eigenvalue weighted by Gasteiger charge is 2.18. The van der Waals surface area contributed by atoms with Crippen LogP contribution in [0.5, 0.6) is 0 Å². The lowest BCUT2D eigenvalue weighted by Gasteiger charge is -2.28. The molecule has 0 radical (unpaired) electrons. The van der Waals surface area contributed by atoms with Crippen molar-refractivity contribution in [2.45, 2.75) is 6.54 Å². The molecular formula is C23H22N4O2S2. The van der Waals surface area contributed by atoms with E-state index in [9.17, 15) is 9.00 Å². The fraction of sp³-hybridized carbons (Fsp3) is 0.217. The summed E-state index contributed by atoms with van der Waals surface area (Å²) in [7, 11) is -1.89. The fourth-order valence-electron chi connectivity index (χ4n) is 3.82. The number of pyridine rings is 1. The third kappa shape index (κ3) is 4.19. The number of hydrogen-bond acceptors (Lipinski definition) is 6. The van der Waals surface area contributed by atoms with Gasteiger partial charge in [0, 0.05) is 48.3 Å². The summed E-state index contributed by atoms with van der Waals surface area (Å²) in [4.78, 5) is 26.9. The standard InChI is InChI=1S/C23H22N4O2S2/c1-31(29)11-9-27(10-12-31)14-16-5-4-6-17(13-16)18-15-30-21-20(18)25-22(26-23(21)28)19-7-2-3-8-24-19/h2-8,13,15H,1,9-12,14H2,(H,25,26,28). The van der Waals surface area contributed by atoms with Crippen LogP contribution < -0.4 is 5.56 Å². The molecule has 1 aromatic carbocycles. The molecule has 1 aliphatic heterocycles. The molecule has 0 amide bonds. The van der Waals surface area contributed by atoms with Crippen LogP contribution in [-0.2, 0) is 16.1 Å². The van der Waals surface area contributed by atoms with E-state index in [4.69, 9.17) is 4.98 Å². The van der Waals surface area contributed by atoms with Gasteiger partial charge >= 0.3 is 0 Å². The van der Waals surface area contributed by atoms with Crippen molar-refractivity contribution in [2.75, 3.05) is 24.6 Å². The number of nitrogens with one attached hydrogen (secondary N) is 1. The van der Waals surface area contributed by atoms with E-state index in [1.54, 1.807) is 6.20 Å². The molecule has 6 nitrogen and oxygen atoms in total. The first-order valence-corrected chi connectivity index (χ1v) is 13.0. The third-order valence-corrected chi connectivity index (χ3v) is 8.36. The van der Waals surface area contributed by atoms with Gasteiger partial charge in [-0.05, 0) is 44.7 Å². The van der Waals surface area contributed by atoms with Gasteiger partial charge in [0.05, 0.1) is 5.52 Å². The Kier molecular flexibility index (Phi) is 5.21. The summed E-state index contributed by atoms with van der Waals surface area (Å²) in [6, 6.07) is 13.9. The average molecular weight is 451 g/mol. The van der Waals surface area contributed by atoms with E-state index in [0.717, 1.165) is 30.8 Å². The minimum Gasteiger partial charge on any atom is -0.304 e. The van der Waals surface area contributed by atoms with Crippen LogP contribution in [0.25, 0.3) is 32.9 Å². The van der Waals surface area contributed by atoms with Crippen LogP contribution in [0.4, 0.5) is 0 Å². The second kappa shape index (κ2) is 8.03. The van der Waals surface area contributed by atoms with Crippen molar-refractivity contribution in [1.29, 1.82) is 0 Å². The molecule has 31 heavy (non-hydrogen) atoms. The second-order valence-electron chi connectivity index (χ2n) is 7.81. The molecule has 3 aromatic heterocycles. The number of thiophene rings is 1. The maximum atomic E-state index is 12.7. The Bertz CT molecular complexity index is 1390. The molecule has 4 aromatic rings. The highest BCUT2D eigenvalue weighted by molar-refractivity contribution is 8.00. The molecule has 1 N–H and O–H groups in total. The molecule has 0 bridgehead atoms. The van der Waals surface area contributed by atoms with Crippen LogP contribution in [0.2, 0.25) is 0 Å². The van der Waals surface area contributed by atoms with Gasteiger partial charge in [-0.1, -0.05) is 24.3 Å². The van der Waals surface area contributed by atoms with Crippen LogP contribution >= 0.6 is 11.3 Å². The smallest absolute Gasteiger partial charge is 0.269 e. The van der Waals surface area contributed by atoms with Gasteiger partial charge in [0.15, 0.2) is 5.82 Å². The van der Waals surface area contributed by atoms with E-state index in [0.29, 0.717) is 33.2 Å². The van der Waals surface area contributed by atoms with Crippen molar-refractivity contribution in [1.82, 2.24) is 19.9 Å². The number of hydrogen-bond donors (Lipinski definition) is 1. The maximum Gasteiger partial charge on any atom is 0.269 e. The molecule has 4 heterocycles. The quantitative estimate of drug-likeness (QED) is 0.483. The summed E-state index contributed by atoms with van der Waals surface area (Å²) in [6.07, 6.45) is 1.69. The lowest BCUT2D eigenvalue weighted by Crippen LogP contribution is -2.39. The highest BCUT2D eigenvalue weighted by Crippen LogP contribution is 2.32. The summed E-state index contributed by atoms with van der Waals surface area (Å²) < 4.78 is 12.7. The Hall–Kier alpha value is -2.81. The zero-order valence-electron chi connectivity index (χ0n) is 16.9. The van der Waals surface area contributed by atoms with Crippen LogP contribution in [0.3, 0.4) is 0 Å². The number of H-pyrrole nitrogens is 1. The first-order valence-electron chi connectivity index (χ1n) is 10.1. The summed E-state index contributed by atoms with van der Waals surface area (Å²) in [6.45, 7) is 2.41. The zero-order chi connectivity index (χ0) is 21.4. The van der Waals surface area contributed by atoms with Gasteiger partial charge in [-0.2, -0.15) is 0 Å². The molecule has 1 saturated heterocycles. The molecule has 0 aliphatic carbocycles. The van der Waals surface area contributed by atoms with Gasteiger partial charge in [0.2, 0.25) is 0 Å².